The standard InChI is InChI=1S/C27H29N3OS/c31-27(30-15-12-20(18-30)29-13-3-4-14-29)25-22-9-1-2-11-24(22)28-26-19(7-5-10-23(25)26)17-21-8-6-16-32-21/h1-2,6,8-9,11,16-17,20H,3-5,7,10,12-15,18H2/b19-17-. The van der Waals surface area contributed by atoms with Crippen LogP contribution in [0.5, 0.6) is 0 Å². The molecule has 1 amide bonds. The highest BCUT2D eigenvalue weighted by molar-refractivity contribution is 7.10. The Labute approximate surface area is 193 Å². The molecule has 4 heterocycles. The minimum absolute atomic E-state index is 0.207. The second-order valence-electron chi connectivity index (χ2n) is 9.31. The molecule has 1 aliphatic carbocycles. The summed E-state index contributed by atoms with van der Waals surface area (Å²) in [4.78, 5) is 25.0. The number of hydrogen-bond acceptors (Lipinski definition) is 4. The van der Waals surface area contributed by atoms with Crippen molar-refractivity contribution in [3.05, 3.63) is 63.5 Å². The van der Waals surface area contributed by atoms with E-state index in [2.05, 4.69) is 45.5 Å². The first-order chi connectivity index (χ1) is 15.8. The zero-order chi connectivity index (χ0) is 21.5. The molecule has 0 N–H and O–H groups in total. The van der Waals surface area contributed by atoms with E-state index in [0.29, 0.717) is 6.04 Å². The summed E-state index contributed by atoms with van der Waals surface area (Å²) >= 11 is 1.75. The Morgan fingerprint density at radius 1 is 1.03 bits per heavy atom. The van der Waals surface area contributed by atoms with Crippen molar-refractivity contribution in [2.75, 3.05) is 26.2 Å². The van der Waals surface area contributed by atoms with Crippen LogP contribution in [-0.4, -0.2) is 52.9 Å². The minimum atomic E-state index is 0.207. The van der Waals surface area contributed by atoms with Gasteiger partial charge in [-0.15, -0.1) is 11.3 Å². The minimum Gasteiger partial charge on any atom is -0.337 e. The molecule has 2 fully saturated rings. The number of nitrogens with zero attached hydrogens (tertiary/aromatic N) is 3. The van der Waals surface area contributed by atoms with Crippen LogP contribution in [0.2, 0.25) is 0 Å². The Morgan fingerprint density at radius 2 is 1.91 bits per heavy atom. The largest absolute Gasteiger partial charge is 0.337 e. The van der Waals surface area contributed by atoms with E-state index in [1.54, 1.807) is 11.3 Å². The number of benzene rings is 1. The van der Waals surface area contributed by atoms with Gasteiger partial charge in [0.15, 0.2) is 0 Å². The second kappa shape index (κ2) is 8.45. The average molecular weight is 444 g/mol. The summed E-state index contributed by atoms with van der Waals surface area (Å²) in [7, 11) is 0. The molecule has 2 saturated heterocycles. The van der Waals surface area contributed by atoms with Crippen molar-refractivity contribution in [2.45, 2.75) is 44.6 Å². The van der Waals surface area contributed by atoms with Crippen LogP contribution < -0.4 is 0 Å². The number of carbonyl (C=O) groups is 1. The first-order valence-corrected chi connectivity index (χ1v) is 12.9. The number of para-hydroxylation sites is 1. The van der Waals surface area contributed by atoms with E-state index in [1.807, 2.05) is 12.1 Å². The van der Waals surface area contributed by atoms with Crippen LogP contribution in [0, 0.1) is 0 Å². The summed E-state index contributed by atoms with van der Waals surface area (Å²) < 4.78 is 0. The molecular formula is C27H29N3OS. The van der Waals surface area contributed by atoms with Gasteiger partial charge in [-0.05, 0) is 86.3 Å². The van der Waals surface area contributed by atoms with Crippen LogP contribution in [0.3, 0.4) is 0 Å². The molecule has 3 aromatic rings. The van der Waals surface area contributed by atoms with Crippen LogP contribution in [-0.2, 0) is 6.42 Å². The number of allylic oxidation sites excluding steroid dienone is 1. The molecule has 2 aliphatic heterocycles. The van der Waals surface area contributed by atoms with Crippen molar-refractivity contribution in [2.24, 2.45) is 0 Å². The summed E-state index contributed by atoms with van der Waals surface area (Å²) in [6.45, 7) is 4.11. The number of rotatable bonds is 3. The third kappa shape index (κ3) is 3.57. The molecule has 0 spiro atoms. The fourth-order valence-corrected chi connectivity index (χ4v) is 6.44. The Kier molecular flexibility index (Phi) is 5.32. The maximum atomic E-state index is 14.0. The number of carbonyl (C=O) groups excluding carboxylic acids is 1. The van der Waals surface area contributed by atoms with E-state index in [1.165, 1.54) is 36.4 Å². The van der Waals surface area contributed by atoms with Crippen molar-refractivity contribution in [1.82, 2.24) is 14.8 Å². The summed E-state index contributed by atoms with van der Waals surface area (Å²) in [5.74, 6) is 0.207. The molecule has 32 heavy (non-hydrogen) atoms. The van der Waals surface area contributed by atoms with Crippen LogP contribution in [0.1, 0.15) is 58.6 Å². The van der Waals surface area contributed by atoms with Crippen molar-refractivity contribution < 1.29 is 4.79 Å². The quantitative estimate of drug-likeness (QED) is 0.538. The first-order valence-electron chi connectivity index (χ1n) is 12.0. The highest BCUT2D eigenvalue weighted by Crippen LogP contribution is 2.37. The van der Waals surface area contributed by atoms with Gasteiger partial charge in [0.05, 0.1) is 16.8 Å². The summed E-state index contributed by atoms with van der Waals surface area (Å²) in [5, 5.41) is 3.13. The van der Waals surface area contributed by atoms with Gasteiger partial charge in [-0.3, -0.25) is 9.69 Å². The molecule has 1 unspecified atom stereocenters. The molecule has 3 aliphatic rings. The first kappa shape index (κ1) is 20.1. The lowest BCUT2D eigenvalue weighted by molar-refractivity contribution is 0.0780. The Bertz CT molecular complexity index is 1180. The lowest BCUT2D eigenvalue weighted by Crippen LogP contribution is -2.37. The average Bonchev–Trinajstić information content (AvgIpc) is 3.60. The van der Waals surface area contributed by atoms with Crippen LogP contribution in [0.4, 0.5) is 0 Å². The van der Waals surface area contributed by atoms with Gasteiger partial charge >= 0.3 is 0 Å². The zero-order valence-corrected chi connectivity index (χ0v) is 19.2. The lowest BCUT2D eigenvalue weighted by Gasteiger charge is -2.26. The van der Waals surface area contributed by atoms with Crippen LogP contribution >= 0.6 is 11.3 Å². The van der Waals surface area contributed by atoms with Gasteiger partial charge in [-0.25, -0.2) is 4.98 Å². The van der Waals surface area contributed by atoms with Gasteiger partial charge in [0.2, 0.25) is 0 Å². The number of pyridine rings is 1. The maximum Gasteiger partial charge on any atom is 0.254 e. The highest BCUT2D eigenvalue weighted by atomic mass is 32.1. The molecule has 6 rings (SSSR count). The molecule has 1 aromatic carbocycles. The molecule has 0 saturated carbocycles. The van der Waals surface area contributed by atoms with Crippen LogP contribution in [0.25, 0.3) is 22.6 Å². The lowest BCUT2D eigenvalue weighted by atomic mass is 9.86. The number of aromatic nitrogens is 1. The topological polar surface area (TPSA) is 36.4 Å². The fraction of sp³-hybridized carbons (Fsp3) is 0.407. The Morgan fingerprint density at radius 3 is 2.75 bits per heavy atom. The molecule has 2 aromatic heterocycles. The summed E-state index contributed by atoms with van der Waals surface area (Å²) in [6, 6.07) is 13.0. The predicted octanol–water partition coefficient (Wildman–Crippen LogP) is 5.48. The molecule has 0 radical (unpaired) electrons. The van der Waals surface area contributed by atoms with Crippen molar-refractivity contribution >= 4 is 39.8 Å². The van der Waals surface area contributed by atoms with Gasteiger partial charge < -0.3 is 4.90 Å². The molecule has 5 heteroatoms. The van der Waals surface area contributed by atoms with Crippen molar-refractivity contribution in [3.63, 3.8) is 0 Å². The summed E-state index contributed by atoms with van der Waals surface area (Å²) in [6.07, 6.45) is 8.99. The molecule has 4 nitrogen and oxygen atoms in total. The fourth-order valence-electron chi connectivity index (χ4n) is 5.75. The smallest absolute Gasteiger partial charge is 0.254 e. The third-order valence-corrected chi connectivity index (χ3v) is 8.17. The van der Waals surface area contributed by atoms with Gasteiger partial charge in [0, 0.05) is 29.4 Å². The predicted molar refractivity (Wildman–Crippen MR) is 132 cm³/mol. The van der Waals surface area contributed by atoms with Crippen molar-refractivity contribution in [1.29, 1.82) is 0 Å². The highest BCUT2D eigenvalue weighted by Gasteiger charge is 2.34. The van der Waals surface area contributed by atoms with E-state index in [-0.39, 0.29) is 5.91 Å². The number of fused-ring (bicyclic) bond motifs is 2. The molecular weight excluding hydrogens is 414 g/mol. The molecule has 0 bridgehead atoms. The summed E-state index contributed by atoms with van der Waals surface area (Å²) in [5.41, 5.74) is 5.31. The second-order valence-corrected chi connectivity index (χ2v) is 10.3. The van der Waals surface area contributed by atoms with Gasteiger partial charge in [0.1, 0.15) is 0 Å². The molecule has 164 valence electrons. The van der Waals surface area contributed by atoms with Crippen molar-refractivity contribution in [3.8, 4) is 0 Å². The number of likely N-dealkylation sites (tertiary alicyclic amines) is 2. The van der Waals surface area contributed by atoms with E-state index < -0.39 is 0 Å². The van der Waals surface area contributed by atoms with Gasteiger partial charge in [-0.2, -0.15) is 0 Å². The number of hydrogen-bond donors (Lipinski definition) is 0. The number of thiophene rings is 1. The Hall–Kier alpha value is -2.50. The Balaban J connectivity index is 1.42. The van der Waals surface area contributed by atoms with E-state index in [9.17, 15) is 4.79 Å². The zero-order valence-electron chi connectivity index (χ0n) is 18.4. The van der Waals surface area contributed by atoms with E-state index in [0.717, 1.165) is 66.5 Å². The van der Waals surface area contributed by atoms with E-state index in [4.69, 9.17) is 4.98 Å². The van der Waals surface area contributed by atoms with Gasteiger partial charge in [-0.1, -0.05) is 24.3 Å². The van der Waals surface area contributed by atoms with Crippen LogP contribution in [0.15, 0.2) is 41.8 Å². The normalized spacial score (nSPS) is 22.7. The maximum absolute atomic E-state index is 14.0. The SMILES string of the molecule is O=C(c1c2c(nc3ccccc13)/C(=C\c1cccs1)CCC2)N1CCC(N2CCCC2)C1. The van der Waals surface area contributed by atoms with E-state index >= 15 is 0 Å². The third-order valence-electron chi connectivity index (χ3n) is 7.35. The number of amides is 1. The van der Waals surface area contributed by atoms with Gasteiger partial charge in [0.25, 0.3) is 5.91 Å². The molecule has 1 atom stereocenters. The monoisotopic (exact) mass is 443 g/mol.